The van der Waals surface area contributed by atoms with Crippen LogP contribution >= 0.6 is 0 Å². The van der Waals surface area contributed by atoms with Crippen LogP contribution in [0.2, 0.25) is 0 Å². The summed E-state index contributed by atoms with van der Waals surface area (Å²) in [4.78, 5) is 0. The molecular formula is C6H13N2V-. The minimum absolute atomic E-state index is 0. The van der Waals surface area contributed by atoms with Crippen molar-refractivity contribution in [2.24, 2.45) is 0 Å². The predicted molar refractivity (Wildman–Crippen MR) is 35.2 cm³/mol. The number of hydrogen-bond acceptors (Lipinski definition) is 1. The van der Waals surface area contributed by atoms with Crippen LogP contribution < -0.4 is 5.32 Å². The quantitative estimate of drug-likeness (QED) is 0.607. The Kier molecular flexibility index (Phi) is 5.60. The smallest absolute Gasteiger partial charge is 0.00313 e. The summed E-state index contributed by atoms with van der Waals surface area (Å²) in [5.41, 5.74) is 0. The maximum atomic E-state index is 4.24. The Bertz CT molecular complexity index is 62.1. The summed E-state index contributed by atoms with van der Waals surface area (Å²) in [7, 11) is 2.02. The van der Waals surface area contributed by atoms with Crippen LogP contribution in [0.15, 0.2) is 0 Å². The Balaban J connectivity index is 0.000000640. The van der Waals surface area contributed by atoms with E-state index in [4.69, 9.17) is 0 Å². The Morgan fingerprint density at radius 1 is 1.33 bits per heavy atom. The van der Waals surface area contributed by atoms with Gasteiger partial charge in [-0.15, -0.1) is 13.1 Å². The van der Waals surface area contributed by atoms with Gasteiger partial charge in [0.1, 0.15) is 0 Å². The molecule has 0 unspecified atom stereocenters. The van der Waals surface area contributed by atoms with Crippen LogP contribution in [0.3, 0.4) is 0 Å². The van der Waals surface area contributed by atoms with Crippen LogP contribution in [-0.2, 0) is 18.6 Å². The van der Waals surface area contributed by atoms with Gasteiger partial charge >= 0.3 is 0 Å². The Morgan fingerprint density at radius 3 is 2.22 bits per heavy atom. The van der Waals surface area contributed by atoms with Crippen LogP contribution in [0.1, 0.15) is 12.8 Å². The molecule has 1 aliphatic heterocycles. The SMILES string of the molecule is CNC1CC[N-]CC1.[V]. The molecule has 0 aromatic carbocycles. The summed E-state index contributed by atoms with van der Waals surface area (Å²) in [6.45, 7) is 2.12. The molecule has 0 amide bonds. The summed E-state index contributed by atoms with van der Waals surface area (Å²) < 4.78 is 0. The van der Waals surface area contributed by atoms with Gasteiger partial charge in [0.05, 0.1) is 0 Å². The van der Waals surface area contributed by atoms with Crippen LogP contribution in [-0.4, -0.2) is 26.2 Å². The third-order valence-corrected chi connectivity index (χ3v) is 1.68. The van der Waals surface area contributed by atoms with E-state index < -0.39 is 0 Å². The summed E-state index contributed by atoms with van der Waals surface area (Å²) in [6.07, 6.45) is 2.47. The topological polar surface area (TPSA) is 26.1 Å². The van der Waals surface area contributed by atoms with Crippen molar-refractivity contribution in [3.8, 4) is 0 Å². The van der Waals surface area contributed by atoms with E-state index in [9.17, 15) is 0 Å². The largest absolute Gasteiger partial charge is 0.662 e. The molecule has 0 saturated carbocycles. The average Bonchev–Trinajstić information content (AvgIpc) is 1.90. The van der Waals surface area contributed by atoms with Gasteiger partial charge in [-0.3, -0.25) is 0 Å². The van der Waals surface area contributed by atoms with E-state index >= 15 is 0 Å². The molecule has 0 spiro atoms. The summed E-state index contributed by atoms with van der Waals surface area (Å²) in [6, 6.07) is 0.743. The van der Waals surface area contributed by atoms with E-state index in [2.05, 4.69) is 10.6 Å². The molecule has 1 N–H and O–H groups in total. The minimum atomic E-state index is 0. The zero-order valence-corrected chi connectivity index (χ0v) is 7.20. The molecule has 0 aliphatic carbocycles. The molecule has 2 nitrogen and oxygen atoms in total. The van der Waals surface area contributed by atoms with Gasteiger partial charge in [-0.05, 0) is 7.05 Å². The monoisotopic (exact) mass is 164 g/mol. The first-order chi connectivity index (χ1) is 3.93. The van der Waals surface area contributed by atoms with E-state index in [1.165, 1.54) is 12.8 Å². The molecule has 0 atom stereocenters. The van der Waals surface area contributed by atoms with Gasteiger partial charge in [-0.1, -0.05) is 12.8 Å². The first kappa shape index (κ1) is 9.50. The second-order valence-electron chi connectivity index (χ2n) is 2.23. The summed E-state index contributed by atoms with van der Waals surface area (Å²) >= 11 is 0. The van der Waals surface area contributed by atoms with Crippen LogP contribution in [0.5, 0.6) is 0 Å². The molecule has 1 radical (unpaired) electrons. The third-order valence-electron chi connectivity index (χ3n) is 1.68. The minimum Gasteiger partial charge on any atom is -0.662 e. The van der Waals surface area contributed by atoms with Crippen LogP contribution in [0.25, 0.3) is 5.32 Å². The molecule has 53 valence electrons. The van der Waals surface area contributed by atoms with Gasteiger partial charge in [0.15, 0.2) is 0 Å². The number of nitrogens with one attached hydrogen (secondary N) is 1. The zero-order chi connectivity index (χ0) is 5.82. The molecule has 0 aromatic heterocycles. The van der Waals surface area contributed by atoms with Crippen molar-refractivity contribution in [2.45, 2.75) is 18.9 Å². The van der Waals surface area contributed by atoms with Crippen LogP contribution in [0, 0.1) is 0 Å². The Morgan fingerprint density at radius 2 is 1.89 bits per heavy atom. The van der Waals surface area contributed by atoms with Crippen molar-refractivity contribution in [1.29, 1.82) is 0 Å². The van der Waals surface area contributed by atoms with Crippen molar-refractivity contribution in [2.75, 3.05) is 20.1 Å². The molecule has 1 heterocycles. The van der Waals surface area contributed by atoms with Gasteiger partial charge in [-0.25, -0.2) is 0 Å². The Labute approximate surface area is 68.7 Å². The normalized spacial score (nSPS) is 21.0. The third kappa shape index (κ3) is 3.26. The van der Waals surface area contributed by atoms with Gasteiger partial charge < -0.3 is 10.6 Å². The fourth-order valence-corrected chi connectivity index (χ4v) is 1.04. The van der Waals surface area contributed by atoms with Crippen molar-refractivity contribution in [3.63, 3.8) is 0 Å². The molecule has 0 bridgehead atoms. The maximum absolute atomic E-state index is 4.24. The summed E-state index contributed by atoms with van der Waals surface area (Å²) in [5.74, 6) is 0. The molecule has 1 fully saturated rings. The van der Waals surface area contributed by atoms with E-state index in [1.54, 1.807) is 0 Å². The molecule has 9 heavy (non-hydrogen) atoms. The molecule has 1 aliphatic rings. The average molecular weight is 164 g/mol. The van der Waals surface area contributed by atoms with Gasteiger partial charge in [0.25, 0.3) is 0 Å². The van der Waals surface area contributed by atoms with Crippen molar-refractivity contribution in [1.82, 2.24) is 5.32 Å². The van der Waals surface area contributed by atoms with E-state index in [0.29, 0.717) is 0 Å². The van der Waals surface area contributed by atoms with Crippen molar-refractivity contribution in [3.05, 3.63) is 5.32 Å². The maximum Gasteiger partial charge on any atom is 0.00313 e. The zero-order valence-electron chi connectivity index (χ0n) is 5.80. The Hall–Kier alpha value is 0.504. The standard InChI is InChI=1S/C6H13N2.V/c1-7-6-2-4-8-5-3-6;/h6-7H,2-5H2,1H3;/q-1;. The molecular weight excluding hydrogens is 151 g/mol. The second-order valence-corrected chi connectivity index (χ2v) is 2.23. The first-order valence-electron chi connectivity index (χ1n) is 3.24. The van der Waals surface area contributed by atoms with Crippen molar-refractivity contribution < 1.29 is 18.6 Å². The number of rotatable bonds is 1. The number of nitrogens with zero attached hydrogens (tertiary/aromatic N) is 1. The second kappa shape index (κ2) is 5.30. The molecule has 1 rings (SSSR count). The summed E-state index contributed by atoms with van der Waals surface area (Å²) in [5, 5.41) is 7.48. The fraction of sp³-hybridized carbons (Fsp3) is 1.00. The van der Waals surface area contributed by atoms with Gasteiger partial charge in [-0.2, -0.15) is 0 Å². The van der Waals surface area contributed by atoms with Gasteiger partial charge in [0.2, 0.25) is 0 Å². The fourth-order valence-electron chi connectivity index (χ4n) is 1.04. The van der Waals surface area contributed by atoms with Gasteiger partial charge in [0, 0.05) is 24.6 Å². The number of piperidine rings is 1. The van der Waals surface area contributed by atoms with Crippen LogP contribution in [0.4, 0.5) is 0 Å². The van der Waals surface area contributed by atoms with E-state index in [0.717, 1.165) is 19.1 Å². The van der Waals surface area contributed by atoms with E-state index in [-0.39, 0.29) is 18.6 Å². The molecule has 1 saturated heterocycles. The first-order valence-corrected chi connectivity index (χ1v) is 3.24. The van der Waals surface area contributed by atoms with Crippen molar-refractivity contribution >= 4 is 0 Å². The number of hydrogen-bond donors (Lipinski definition) is 1. The molecule has 3 heteroatoms. The van der Waals surface area contributed by atoms with E-state index in [1.807, 2.05) is 7.05 Å². The molecule has 0 aromatic rings. The predicted octanol–water partition coefficient (Wildman–Crippen LogP) is 0.739.